The quantitative estimate of drug-likeness (QED) is 0.428. The molecule has 4 aliphatic rings. The average Bonchev–Trinajstić information content (AvgIpc) is 2.93. The molecule has 0 radical (unpaired) electrons. The number of imide groups is 1. The molecule has 6 nitrogen and oxygen atoms in total. The molecular weight excluding hydrogens is 400 g/mol. The molecule has 1 aliphatic heterocycles. The zero-order chi connectivity index (χ0) is 18.4. The van der Waals surface area contributed by atoms with Crippen molar-refractivity contribution < 1.29 is 19.1 Å². The molecule has 1 aromatic carbocycles. The van der Waals surface area contributed by atoms with Crippen molar-refractivity contribution in [2.24, 2.45) is 28.8 Å². The molecule has 0 unspecified atom stereocenters. The molecule has 4 atom stereocenters. The number of benzene rings is 1. The summed E-state index contributed by atoms with van der Waals surface area (Å²) in [4.78, 5) is 25.5. The predicted octanol–water partition coefficient (Wildman–Crippen LogP) is 3.00. The number of nitrogens with zero attached hydrogens (tertiary/aromatic N) is 2. The minimum absolute atomic E-state index is 0.164. The van der Waals surface area contributed by atoms with Crippen LogP contribution in [0.1, 0.15) is 18.4 Å². The summed E-state index contributed by atoms with van der Waals surface area (Å²) in [5.41, 5.74) is 0.700. The van der Waals surface area contributed by atoms with Crippen LogP contribution in [0.15, 0.2) is 33.9 Å². The van der Waals surface area contributed by atoms with Gasteiger partial charge in [-0.1, -0.05) is 12.2 Å². The molecule has 2 amide bonds. The van der Waals surface area contributed by atoms with Crippen molar-refractivity contribution in [3.63, 3.8) is 0 Å². The second kappa shape index (κ2) is 6.54. The van der Waals surface area contributed by atoms with Gasteiger partial charge in [-0.25, -0.2) is 0 Å². The lowest BCUT2D eigenvalue weighted by molar-refractivity contribution is -0.140. The smallest absolute Gasteiger partial charge is 0.254 e. The van der Waals surface area contributed by atoms with E-state index in [4.69, 9.17) is 9.47 Å². The SMILES string of the molecule is COc1cc(/C=N\N2C(=O)[C@@H]3[C@H](C2=O)[C@@H]2C=C[C@@H]3CC2)cc(Br)c1OC. The van der Waals surface area contributed by atoms with Crippen LogP contribution < -0.4 is 9.47 Å². The van der Waals surface area contributed by atoms with E-state index in [1.807, 2.05) is 0 Å². The normalized spacial score (nSPS) is 29.6. The van der Waals surface area contributed by atoms with E-state index in [0.717, 1.165) is 17.9 Å². The standard InChI is InChI=1S/C19H19BrN2O4/c1-25-14-8-10(7-13(20)17(14)26-2)9-21-22-18(23)15-11-3-4-12(6-5-11)16(15)19(22)24/h3-4,7-9,11-12,15-16H,5-6H2,1-2H3/b21-9-/t11-,12-,15-,16+/m1/s1. The van der Waals surface area contributed by atoms with Crippen molar-refractivity contribution in [3.8, 4) is 11.5 Å². The lowest BCUT2D eigenvalue weighted by Gasteiger charge is -2.37. The Balaban J connectivity index is 1.61. The van der Waals surface area contributed by atoms with Gasteiger partial charge < -0.3 is 9.47 Å². The van der Waals surface area contributed by atoms with E-state index >= 15 is 0 Å². The van der Waals surface area contributed by atoms with Crippen LogP contribution in [0.2, 0.25) is 0 Å². The van der Waals surface area contributed by atoms with Crippen LogP contribution in [-0.2, 0) is 9.59 Å². The van der Waals surface area contributed by atoms with Crippen LogP contribution in [0.4, 0.5) is 0 Å². The number of carbonyl (C=O) groups excluding carboxylic acids is 2. The minimum Gasteiger partial charge on any atom is -0.493 e. The van der Waals surface area contributed by atoms with E-state index in [9.17, 15) is 9.59 Å². The molecule has 136 valence electrons. The third-order valence-corrected chi connectivity index (χ3v) is 6.10. The number of amides is 2. The number of fused-ring (bicyclic) bond motifs is 1. The van der Waals surface area contributed by atoms with Crippen molar-refractivity contribution in [3.05, 3.63) is 34.3 Å². The van der Waals surface area contributed by atoms with E-state index in [2.05, 4.69) is 33.2 Å². The predicted molar refractivity (Wildman–Crippen MR) is 99.0 cm³/mol. The van der Waals surface area contributed by atoms with Gasteiger partial charge in [0, 0.05) is 0 Å². The average molecular weight is 419 g/mol. The molecule has 1 aromatic rings. The molecule has 5 rings (SSSR count). The lowest BCUT2D eigenvalue weighted by Crippen LogP contribution is -2.38. The van der Waals surface area contributed by atoms with Crippen molar-refractivity contribution >= 4 is 34.0 Å². The molecular formula is C19H19BrN2O4. The zero-order valence-corrected chi connectivity index (χ0v) is 16.1. The van der Waals surface area contributed by atoms with Gasteiger partial charge >= 0.3 is 0 Å². The highest BCUT2D eigenvalue weighted by molar-refractivity contribution is 9.10. The number of methoxy groups -OCH3 is 2. The molecule has 1 heterocycles. The summed E-state index contributed by atoms with van der Waals surface area (Å²) in [7, 11) is 3.11. The first-order chi connectivity index (χ1) is 12.5. The molecule has 0 N–H and O–H groups in total. The summed E-state index contributed by atoms with van der Waals surface area (Å²) in [5.74, 6) is 0.574. The fourth-order valence-electron chi connectivity index (χ4n) is 4.31. The Morgan fingerprint density at radius 2 is 1.69 bits per heavy atom. The number of hydrogen-bond donors (Lipinski definition) is 0. The Kier molecular flexibility index (Phi) is 4.34. The maximum Gasteiger partial charge on any atom is 0.254 e. The van der Waals surface area contributed by atoms with Crippen molar-refractivity contribution in [1.29, 1.82) is 0 Å². The van der Waals surface area contributed by atoms with Gasteiger partial charge in [-0.2, -0.15) is 10.1 Å². The van der Waals surface area contributed by atoms with Crippen LogP contribution in [0, 0.1) is 23.7 Å². The first-order valence-electron chi connectivity index (χ1n) is 8.56. The van der Waals surface area contributed by atoms with Gasteiger partial charge in [0.25, 0.3) is 11.8 Å². The molecule has 0 aromatic heterocycles. The van der Waals surface area contributed by atoms with Crippen molar-refractivity contribution in [1.82, 2.24) is 5.01 Å². The van der Waals surface area contributed by atoms with E-state index in [1.54, 1.807) is 26.4 Å². The fourth-order valence-corrected chi connectivity index (χ4v) is 4.93. The van der Waals surface area contributed by atoms with Gasteiger partial charge in [-0.15, -0.1) is 0 Å². The molecule has 1 saturated carbocycles. The lowest BCUT2D eigenvalue weighted by atomic mass is 9.63. The van der Waals surface area contributed by atoms with E-state index in [0.29, 0.717) is 21.5 Å². The highest BCUT2D eigenvalue weighted by atomic mass is 79.9. The third kappa shape index (κ3) is 2.57. The van der Waals surface area contributed by atoms with Crippen LogP contribution >= 0.6 is 15.9 Å². The van der Waals surface area contributed by atoms with Crippen LogP contribution in [0.25, 0.3) is 0 Å². The molecule has 2 fully saturated rings. The fraction of sp³-hybridized carbons (Fsp3) is 0.421. The second-order valence-electron chi connectivity index (χ2n) is 6.81. The molecule has 0 spiro atoms. The van der Waals surface area contributed by atoms with Crippen LogP contribution in [0.5, 0.6) is 11.5 Å². The Labute approximate surface area is 160 Å². The molecule has 3 aliphatic carbocycles. The number of halogens is 1. The maximum atomic E-state index is 12.8. The Morgan fingerprint density at radius 3 is 2.19 bits per heavy atom. The summed E-state index contributed by atoms with van der Waals surface area (Å²) in [6.45, 7) is 0. The number of ether oxygens (including phenoxy) is 2. The third-order valence-electron chi connectivity index (χ3n) is 5.51. The zero-order valence-electron chi connectivity index (χ0n) is 14.5. The Morgan fingerprint density at radius 1 is 1.08 bits per heavy atom. The Bertz CT molecular complexity index is 803. The van der Waals surface area contributed by atoms with Gasteiger partial charge in [-0.3, -0.25) is 9.59 Å². The van der Waals surface area contributed by atoms with E-state index in [1.165, 1.54) is 6.21 Å². The first-order valence-corrected chi connectivity index (χ1v) is 9.36. The topological polar surface area (TPSA) is 68.2 Å². The minimum atomic E-state index is -0.250. The largest absolute Gasteiger partial charge is 0.493 e. The van der Waals surface area contributed by atoms with Gasteiger partial charge in [-0.05, 0) is 58.3 Å². The number of allylic oxidation sites excluding steroid dienone is 2. The van der Waals surface area contributed by atoms with Crippen molar-refractivity contribution in [2.45, 2.75) is 12.8 Å². The molecule has 7 heteroatoms. The first kappa shape index (κ1) is 17.3. The van der Waals surface area contributed by atoms with Gasteiger partial charge in [0.05, 0.1) is 36.7 Å². The highest BCUT2D eigenvalue weighted by Gasteiger charge is 2.56. The monoisotopic (exact) mass is 418 g/mol. The number of hydrogen-bond acceptors (Lipinski definition) is 5. The van der Waals surface area contributed by atoms with E-state index < -0.39 is 0 Å². The summed E-state index contributed by atoms with van der Waals surface area (Å²) in [5, 5.41) is 5.27. The number of rotatable bonds is 4. The second-order valence-corrected chi connectivity index (χ2v) is 7.67. The summed E-state index contributed by atoms with van der Waals surface area (Å²) >= 11 is 3.43. The molecule has 2 bridgehead atoms. The summed E-state index contributed by atoms with van der Waals surface area (Å²) < 4.78 is 11.3. The summed E-state index contributed by atoms with van der Waals surface area (Å²) in [6.07, 6.45) is 7.65. The van der Waals surface area contributed by atoms with Gasteiger partial charge in [0.2, 0.25) is 0 Å². The van der Waals surface area contributed by atoms with E-state index in [-0.39, 0.29) is 35.5 Å². The van der Waals surface area contributed by atoms with Crippen molar-refractivity contribution in [2.75, 3.05) is 14.2 Å². The summed E-state index contributed by atoms with van der Waals surface area (Å²) in [6, 6.07) is 3.55. The highest BCUT2D eigenvalue weighted by Crippen LogP contribution is 2.49. The van der Waals surface area contributed by atoms with Gasteiger partial charge in [0.1, 0.15) is 0 Å². The van der Waals surface area contributed by atoms with Gasteiger partial charge in [0.15, 0.2) is 11.5 Å². The molecule has 1 saturated heterocycles. The molecule has 26 heavy (non-hydrogen) atoms. The van der Waals surface area contributed by atoms with Crippen LogP contribution in [0.3, 0.4) is 0 Å². The Hall–Kier alpha value is -2.15. The van der Waals surface area contributed by atoms with Crippen LogP contribution in [-0.4, -0.2) is 37.3 Å². The maximum absolute atomic E-state index is 12.8. The number of hydrazone groups is 1. The number of carbonyl (C=O) groups is 2.